The first-order chi connectivity index (χ1) is 11.1. The predicted octanol–water partition coefficient (Wildman–Crippen LogP) is 3.58. The van der Waals surface area contributed by atoms with E-state index in [1.807, 2.05) is 32.9 Å². The number of carboxylic acid groups (broad SMARTS) is 1. The Morgan fingerprint density at radius 3 is 2.33 bits per heavy atom. The third-order valence-corrected chi connectivity index (χ3v) is 5.86. The zero-order chi connectivity index (χ0) is 18.2. The molecule has 5 nitrogen and oxygen atoms in total. The second-order valence-electron chi connectivity index (χ2n) is 7.49. The van der Waals surface area contributed by atoms with Gasteiger partial charge in [-0.15, -0.1) is 0 Å². The van der Waals surface area contributed by atoms with Crippen molar-refractivity contribution < 1.29 is 20.1 Å². The van der Waals surface area contributed by atoms with Gasteiger partial charge in [-0.05, 0) is 36.0 Å². The van der Waals surface area contributed by atoms with Gasteiger partial charge in [-0.25, -0.2) is 4.79 Å². The van der Waals surface area contributed by atoms with Crippen LogP contribution in [0.2, 0.25) is 0 Å². The monoisotopic (exact) mass is 399 g/mol. The molecule has 3 N–H and O–H groups in total. The lowest BCUT2D eigenvalue weighted by Gasteiger charge is -2.56. The first-order valence-electron chi connectivity index (χ1n) is 8.20. The molecular weight excluding hydrogens is 374 g/mol. The largest absolute Gasteiger partial charge is 0.465 e. The van der Waals surface area contributed by atoms with E-state index in [1.165, 1.54) is 4.90 Å². The molecule has 6 heteroatoms. The summed E-state index contributed by atoms with van der Waals surface area (Å²) >= 11 is 3.39. The van der Waals surface area contributed by atoms with Crippen molar-refractivity contribution in [1.82, 2.24) is 4.90 Å². The standard InChI is InChI=1S/C18H26BrNO4/c1-16(2,3)18(9-4-11-20(18)15(22)23)17(24,10-12-21)13-5-7-14(19)8-6-13/h5-8,21,24H,4,9-12H2,1-3H3,(H,22,23). The lowest BCUT2D eigenvalue weighted by Crippen LogP contribution is -2.67. The third kappa shape index (κ3) is 2.85. The van der Waals surface area contributed by atoms with Crippen LogP contribution in [0.3, 0.4) is 0 Å². The van der Waals surface area contributed by atoms with Gasteiger partial charge >= 0.3 is 6.09 Å². The number of aliphatic hydroxyl groups excluding tert-OH is 1. The molecule has 2 rings (SSSR count). The molecule has 0 bridgehead atoms. The smallest absolute Gasteiger partial charge is 0.407 e. The van der Waals surface area contributed by atoms with Gasteiger partial charge in [0, 0.05) is 24.0 Å². The van der Waals surface area contributed by atoms with Crippen LogP contribution in [-0.4, -0.2) is 45.0 Å². The molecule has 0 spiro atoms. The number of nitrogens with zero attached hydrogens (tertiary/aromatic N) is 1. The summed E-state index contributed by atoms with van der Waals surface area (Å²) in [5.41, 5.74) is -2.38. The van der Waals surface area contributed by atoms with Crippen molar-refractivity contribution in [3.8, 4) is 0 Å². The molecule has 1 fully saturated rings. The Morgan fingerprint density at radius 1 is 1.29 bits per heavy atom. The molecule has 0 aliphatic carbocycles. The highest BCUT2D eigenvalue weighted by Gasteiger charge is 2.63. The number of hydrogen-bond acceptors (Lipinski definition) is 3. The summed E-state index contributed by atoms with van der Waals surface area (Å²) in [7, 11) is 0. The number of hydrogen-bond donors (Lipinski definition) is 3. The number of amides is 1. The lowest BCUT2D eigenvalue weighted by molar-refractivity contribution is -0.154. The molecule has 1 aromatic rings. The van der Waals surface area contributed by atoms with Crippen LogP contribution in [0.15, 0.2) is 28.7 Å². The Kier molecular flexibility index (Phi) is 5.33. The number of halogens is 1. The van der Waals surface area contributed by atoms with E-state index in [4.69, 9.17) is 0 Å². The second kappa shape index (κ2) is 6.65. The van der Waals surface area contributed by atoms with Crippen LogP contribution >= 0.6 is 15.9 Å². The van der Waals surface area contributed by atoms with Gasteiger partial charge in [0.05, 0.1) is 5.54 Å². The fourth-order valence-electron chi connectivity index (χ4n) is 4.39. The van der Waals surface area contributed by atoms with Crippen molar-refractivity contribution in [1.29, 1.82) is 0 Å². The molecule has 24 heavy (non-hydrogen) atoms. The van der Waals surface area contributed by atoms with Crippen LogP contribution in [0, 0.1) is 5.41 Å². The number of aliphatic hydroxyl groups is 2. The van der Waals surface area contributed by atoms with Gasteiger partial charge in [0.1, 0.15) is 5.60 Å². The molecule has 2 atom stereocenters. The molecule has 1 aliphatic heterocycles. The first kappa shape index (κ1) is 19.2. The van der Waals surface area contributed by atoms with E-state index in [2.05, 4.69) is 15.9 Å². The highest BCUT2D eigenvalue weighted by Crippen LogP contribution is 2.55. The number of rotatable bonds is 4. The molecular formula is C18H26BrNO4. The van der Waals surface area contributed by atoms with Gasteiger partial charge in [-0.1, -0.05) is 48.8 Å². The zero-order valence-corrected chi connectivity index (χ0v) is 16.0. The maximum absolute atomic E-state index is 11.9. The SMILES string of the molecule is CC(C)(C)C1(C(O)(CCO)c2ccc(Br)cc2)CCCN1C(=O)O. The highest BCUT2D eigenvalue weighted by molar-refractivity contribution is 9.10. The van der Waals surface area contributed by atoms with Crippen LogP contribution < -0.4 is 0 Å². The van der Waals surface area contributed by atoms with Gasteiger partial charge in [0.25, 0.3) is 0 Å². The number of likely N-dealkylation sites (tertiary alicyclic amines) is 1. The Morgan fingerprint density at radius 2 is 1.88 bits per heavy atom. The minimum Gasteiger partial charge on any atom is -0.465 e. The molecule has 1 aliphatic rings. The van der Waals surface area contributed by atoms with E-state index >= 15 is 0 Å². The predicted molar refractivity (Wildman–Crippen MR) is 95.9 cm³/mol. The number of carbonyl (C=O) groups is 1. The van der Waals surface area contributed by atoms with E-state index in [-0.39, 0.29) is 13.0 Å². The van der Waals surface area contributed by atoms with Gasteiger partial charge < -0.3 is 15.3 Å². The Labute approximate surface area is 151 Å². The third-order valence-electron chi connectivity index (χ3n) is 5.33. The molecule has 1 aromatic carbocycles. The Hall–Kier alpha value is -1.11. The summed E-state index contributed by atoms with van der Waals surface area (Å²) in [6, 6.07) is 7.25. The number of benzene rings is 1. The molecule has 1 heterocycles. The van der Waals surface area contributed by atoms with Crippen molar-refractivity contribution in [2.24, 2.45) is 5.41 Å². The van der Waals surface area contributed by atoms with Crippen molar-refractivity contribution >= 4 is 22.0 Å². The van der Waals surface area contributed by atoms with Gasteiger partial charge in [0.15, 0.2) is 0 Å². The van der Waals surface area contributed by atoms with E-state index in [0.717, 1.165) is 4.47 Å². The van der Waals surface area contributed by atoms with Crippen molar-refractivity contribution in [3.05, 3.63) is 34.3 Å². The molecule has 0 aromatic heterocycles. The Bertz CT molecular complexity index is 598. The molecule has 134 valence electrons. The highest BCUT2D eigenvalue weighted by atomic mass is 79.9. The van der Waals surface area contributed by atoms with E-state index in [1.54, 1.807) is 12.1 Å². The van der Waals surface area contributed by atoms with Crippen molar-refractivity contribution in [2.45, 2.75) is 51.2 Å². The first-order valence-corrected chi connectivity index (χ1v) is 8.99. The molecule has 1 amide bonds. The van der Waals surface area contributed by atoms with E-state index in [9.17, 15) is 20.1 Å². The van der Waals surface area contributed by atoms with Crippen LogP contribution in [-0.2, 0) is 5.60 Å². The fraction of sp³-hybridized carbons (Fsp3) is 0.611. The normalized spacial score (nSPS) is 24.0. The van der Waals surface area contributed by atoms with Crippen LogP contribution in [0.4, 0.5) is 4.79 Å². The summed E-state index contributed by atoms with van der Waals surface area (Å²) in [4.78, 5) is 13.3. The van der Waals surface area contributed by atoms with E-state index < -0.39 is 22.6 Å². The lowest BCUT2D eigenvalue weighted by atomic mass is 9.59. The molecule has 1 saturated heterocycles. The fourth-order valence-corrected chi connectivity index (χ4v) is 4.65. The minimum atomic E-state index is -1.48. The van der Waals surface area contributed by atoms with Crippen molar-refractivity contribution in [2.75, 3.05) is 13.2 Å². The minimum absolute atomic E-state index is 0.0790. The summed E-state index contributed by atoms with van der Waals surface area (Å²) in [5.74, 6) is 0. The van der Waals surface area contributed by atoms with Crippen molar-refractivity contribution in [3.63, 3.8) is 0 Å². The van der Waals surface area contributed by atoms with Crippen LogP contribution in [0.1, 0.15) is 45.6 Å². The Balaban J connectivity index is 2.72. The maximum atomic E-state index is 11.9. The van der Waals surface area contributed by atoms with Gasteiger partial charge in [0.2, 0.25) is 0 Å². The molecule has 2 unspecified atom stereocenters. The summed E-state index contributed by atoms with van der Waals surface area (Å²) in [5, 5.41) is 31.2. The quantitative estimate of drug-likeness (QED) is 0.722. The van der Waals surface area contributed by atoms with E-state index in [0.29, 0.717) is 24.9 Å². The topological polar surface area (TPSA) is 81.0 Å². The summed E-state index contributed by atoms with van der Waals surface area (Å²) < 4.78 is 0.879. The molecule has 0 radical (unpaired) electrons. The zero-order valence-electron chi connectivity index (χ0n) is 14.4. The van der Waals surface area contributed by atoms with Gasteiger partial charge in [-0.3, -0.25) is 4.90 Å². The average molecular weight is 400 g/mol. The molecule has 0 saturated carbocycles. The average Bonchev–Trinajstić information content (AvgIpc) is 2.94. The van der Waals surface area contributed by atoms with Crippen LogP contribution in [0.25, 0.3) is 0 Å². The van der Waals surface area contributed by atoms with Gasteiger partial charge in [-0.2, -0.15) is 0 Å². The van der Waals surface area contributed by atoms with Crippen LogP contribution in [0.5, 0.6) is 0 Å². The maximum Gasteiger partial charge on any atom is 0.407 e. The summed E-state index contributed by atoms with van der Waals surface area (Å²) in [6.45, 7) is 6.02. The second-order valence-corrected chi connectivity index (χ2v) is 8.40. The summed E-state index contributed by atoms with van der Waals surface area (Å²) in [6.07, 6.45) is 0.287.